The number of nitrogens with one attached hydrogen (secondary N) is 1. The number of rotatable bonds is 2. The molecule has 142 valence electrons. The lowest BCUT2D eigenvalue weighted by Crippen LogP contribution is -2.41. The second-order valence-electron chi connectivity index (χ2n) is 6.97. The number of hydrogen-bond acceptors (Lipinski definition) is 4. The molecule has 0 saturated heterocycles. The van der Waals surface area contributed by atoms with Gasteiger partial charge in [0.25, 0.3) is 5.91 Å². The number of nitrogens with two attached hydrogens (primary N) is 1. The Morgan fingerprint density at radius 1 is 1.23 bits per heavy atom. The number of halogens is 2. The van der Waals surface area contributed by atoms with E-state index in [0.29, 0.717) is 17.7 Å². The molecule has 7 heteroatoms. The number of carbonyl (C=O) groups excluding carboxylic acids is 1. The molecule has 0 aliphatic carbocycles. The summed E-state index contributed by atoms with van der Waals surface area (Å²) in [5.74, 6) is 0.639. The lowest BCUT2D eigenvalue weighted by Gasteiger charge is -2.38. The number of nitrogen functional groups attached to an aromatic ring is 1. The number of aryl methyl sites for hydroxylation is 2. The van der Waals surface area contributed by atoms with E-state index in [1.165, 1.54) is 0 Å². The maximum Gasteiger partial charge on any atom is 0.253 e. The van der Waals surface area contributed by atoms with Gasteiger partial charge in [-0.05, 0) is 58.0 Å². The van der Waals surface area contributed by atoms with E-state index in [1.807, 2.05) is 58.0 Å². The van der Waals surface area contributed by atoms with Gasteiger partial charge >= 0.3 is 0 Å². The van der Waals surface area contributed by atoms with Crippen molar-refractivity contribution in [3.63, 3.8) is 0 Å². The van der Waals surface area contributed by atoms with E-state index in [1.54, 1.807) is 0 Å². The van der Waals surface area contributed by atoms with Crippen LogP contribution in [0.4, 0.5) is 5.69 Å². The van der Waals surface area contributed by atoms with Gasteiger partial charge in [-0.3, -0.25) is 9.78 Å². The molecule has 2 heterocycles. The highest BCUT2D eigenvalue weighted by Gasteiger charge is 2.35. The molecule has 0 radical (unpaired) electrons. The smallest absolute Gasteiger partial charge is 0.253 e. The van der Waals surface area contributed by atoms with Gasteiger partial charge in [0.1, 0.15) is 11.4 Å². The van der Waals surface area contributed by atoms with Crippen LogP contribution < -0.4 is 15.8 Å². The zero-order valence-electron chi connectivity index (χ0n) is 15.3. The van der Waals surface area contributed by atoms with Gasteiger partial charge in [0.15, 0.2) is 0 Å². The molecular weight excluding hydrogens is 373 g/mol. The Bertz CT molecular complexity index is 809. The number of anilines is 1. The van der Waals surface area contributed by atoms with Gasteiger partial charge < -0.3 is 15.8 Å². The monoisotopic (exact) mass is 397 g/mol. The normalized spacial score (nSPS) is 17.0. The first-order chi connectivity index (χ1) is 11.2. The third-order valence-electron chi connectivity index (χ3n) is 4.27. The fourth-order valence-electron chi connectivity index (χ4n) is 3.16. The maximum atomic E-state index is 12.7. The summed E-state index contributed by atoms with van der Waals surface area (Å²) in [6.07, 6.45) is 0.674. The summed E-state index contributed by atoms with van der Waals surface area (Å²) >= 11 is 0. The molecule has 26 heavy (non-hydrogen) atoms. The summed E-state index contributed by atoms with van der Waals surface area (Å²) in [6, 6.07) is 9.06. The van der Waals surface area contributed by atoms with Crippen molar-refractivity contribution in [1.29, 1.82) is 0 Å². The molecule has 1 amide bonds. The number of carbonyl (C=O) groups is 1. The van der Waals surface area contributed by atoms with Crippen molar-refractivity contribution in [3.05, 3.63) is 52.8 Å². The van der Waals surface area contributed by atoms with Gasteiger partial charge in [-0.25, -0.2) is 0 Å². The molecule has 5 nitrogen and oxygen atoms in total. The van der Waals surface area contributed by atoms with Gasteiger partial charge in [-0.2, -0.15) is 0 Å². The summed E-state index contributed by atoms with van der Waals surface area (Å²) in [6.45, 7) is 7.80. The number of fused-ring (bicyclic) bond motifs is 1. The lowest BCUT2D eigenvalue weighted by atomic mass is 9.89. The Labute approximate surface area is 166 Å². The number of nitrogens with zero attached hydrogens (tertiary/aromatic N) is 1. The molecule has 2 aromatic rings. The van der Waals surface area contributed by atoms with Crippen molar-refractivity contribution in [2.24, 2.45) is 0 Å². The van der Waals surface area contributed by atoms with Crippen molar-refractivity contribution >= 4 is 36.4 Å². The molecule has 3 rings (SSSR count). The Morgan fingerprint density at radius 2 is 1.92 bits per heavy atom. The van der Waals surface area contributed by atoms with E-state index in [9.17, 15) is 4.79 Å². The SMILES string of the molecule is Cc1ccc(C(=O)NC2CC(C)(C)Oc3ccc(N)cc32)c(C)n1.Cl.Cl. The average molecular weight is 398 g/mol. The van der Waals surface area contributed by atoms with Crippen LogP contribution in [0.15, 0.2) is 30.3 Å². The van der Waals surface area contributed by atoms with Crippen LogP contribution >= 0.6 is 24.8 Å². The third-order valence-corrected chi connectivity index (χ3v) is 4.27. The Balaban J connectivity index is 0.00000169. The highest BCUT2D eigenvalue weighted by molar-refractivity contribution is 5.95. The van der Waals surface area contributed by atoms with Crippen molar-refractivity contribution in [2.45, 2.75) is 45.8 Å². The predicted molar refractivity (Wildman–Crippen MR) is 109 cm³/mol. The molecular formula is C19H25Cl2N3O2. The molecule has 1 aromatic carbocycles. The van der Waals surface area contributed by atoms with Gasteiger partial charge in [0.2, 0.25) is 0 Å². The average Bonchev–Trinajstić information content (AvgIpc) is 2.47. The lowest BCUT2D eigenvalue weighted by molar-refractivity contribution is 0.0620. The molecule has 1 unspecified atom stereocenters. The number of ether oxygens (including phenoxy) is 1. The summed E-state index contributed by atoms with van der Waals surface area (Å²) in [7, 11) is 0. The van der Waals surface area contributed by atoms with Crippen LogP contribution in [0.1, 0.15) is 53.6 Å². The van der Waals surface area contributed by atoms with Crippen LogP contribution in [0.5, 0.6) is 5.75 Å². The molecule has 0 spiro atoms. The molecule has 0 bridgehead atoms. The largest absolute Gasteiger partial charge is 0.487 e. The fourth-order valence-corrected chi connectivity index (χ4v) is 3.16. The fraction of sp³-hybridized carbons (Fsp3) is 0.368. The van der Waals surface area contributed by atoms with E-state index in [-0.39, 0.29) is 42.4 Å². The first-order valence-electron chi connectivity index (χ1n) is 8.09. The van der Waals surface area contributed by atoms with E-state index < -0.39 is 0 Å². The zero-order chi connectivity index (χ0) is 17.5. The third kappa shape index (κ3) is 4.59. The first kappa shape index (κ1) is 22.1. The minimum atomic E-state index is -0.359. The summed E-state index contributed by atoms with van der Waals surface area (Å²) in [4.78, 5) is 17.1. The van der Waals surface area contributed by atoms with Crippen LogP contribution in [0.3, 0.4) is 0 Å². The van der Waals surface area contributed by atoms with Crippen LogP contribution in [0, 0.1) is 13.8 Å². The molecule has 1 atom stereocenters. The maximum absolute atomic E-state index is 12.7. The summed E-state index contributed by atoms with van der Waals surface area (Å²) in [5, 5.41) is 3.12. The first-order valence-corrected chi connectivity index (χ1v) is 8.09. The molecule has 0 fully saturated rings. The van der Waals surface area contributed by atoms with Gasteiger partial charge in [-0.15, -0.1) is 24.8 Å². The Morgan fingerprint density at radius 3 is 2.58 bits per heavy atom. The Kier molecular flexibility index (Phi) is 6.91. The van der Waals surface area contributed by atoms with Crippen LogP contribution in [0.2, 0.25) is 0 Å². The molecule has 1 aliphatic heterocycles. The minimum absolute atomic E-state index is 0. The molecule has 3 N–H and O–H groups in total. The van der Waals surface area contributed by atoms with Gasteiger partial charge in [0, 0.05) is 23.4 Å². The topological polar surface area (TPSA) is 77.2 Å². The Hall–Kier alpha value is -1.98. The molecule has 1 aromatic heterocycles. The summed E-state index contributed by atoms with van der Waals surface area (Å²) in [5.41, 5.74) is 9.35. The van der Waals surface area contributed by atoms with E-state index >= 15 is 0 Å². The van der Waals surface area contributed by atoms with E-state index in [4.69, 9.17) is 10.5 Å². The van der Waals surface area contributed by atoms with Crippen molar-refractivity contribution in [1.82, 2.24) is 10.3 Å². The molecule has 1 aliphatic rings. The zero-order valence-corrected chi connectivity index (χ0v) is 17.0. The predicted octanol–water partition coefficient (Wildman–Crippen LogP) is 4.16. The van der Waals surface area contributed by atoms with Crippen molar-refractivity contribution in [3.8, 4) is 5.75 Å². The second-order valence-corrected chi connectivity index (χ2v) is 6.97. The van der Waals surface area contributed by atoms with Gasteiger partial charge in [-0.1, -0.05) is 0 Å². The number of benzene rings is 1. The van der Waals surface area contributed by atoms with Crippen LogP contribution in [-0.4, -0.2) is 16.5 Å². The number of hydrogen-bond donors (Lipinski definition) is 2. The highest BCUT2D eigenvalue weighted by Crippen LogP contribution is 2.40. The summed E-state index contributed by atoms with van der Waals surface area (Å²) < 4.78 is 6.01. The quantitative estimate of drug-likeness (QED) is 0.745. The number of amides is 1. The molecule has 0 saturated carbocycles. The highest BCUT2D eigenvalue weighted by atomic mass is 35.5. The number of aromatic nitrogens is 1. The van der Waals surface area contributed by atoms with Crippen molar-refractivity contribution < 1.29 is 9.53 Å². The number of pyridine rings is 1. The van der Waals surface area contributed by atoms with E-state index in [0.717, 1.165) is 22.7 Å². The van der Waals surface area contributed by atoms with Gasteiger partial charge in [0.05, 0.1) is 17.3 Å². The standard InChI is InChI=1S/C19H23N3O2.2ClH/c1-11-5-7-14(12(2)21-11)18(23)22-16-10-19(3,4)24-17-8-6-13(20)9-15(16)17;;/h5-9,16H,10,20H2,1-4H3,(H,22,23);2*1H. The van der Waals surface area contributed by atoms with Crippen LogP contribution in [0.25, 0.3) is 0 Å². The van der Waals surface area contributed by atoms with E-state index in [2.05, 4.69) is 10.3 Å². The minimum Gasteiger partial charge on any atom is -0.487 e. The second kappa shape index (κ2) is 8.14. The van der Waals surface area contributed by atoms with Crippen molar-refractivity contribution in [2.75, 3.05) is 5.73 Å². The van der Waals surface area contributed by atoms with Crippen LogP contribution in [-0.2, 0) is 0 Å².